The topological polar surface area (TPSA) is 114 Å². The number of carboxylic acids is 1. The number of aliphatic carboxylic acids is 1. The van der Waals surface area contributed by atoms with E-state index in [-0.39, 0.29) is 18.4 Å². The molecule has 4 atom stereocenters. The molecule has 0 saturated heterocycles. The zero-order chi connectivity index (χ0) is 24.8. The minimum absolute atomic E-state index is 0.0974. The van der Waals surface area contributed by atoms with Crippen molar-refractivity contribution in [2.24, 2.45) is 5.92 Å². The lowest BCUT2D eigenvalue weighted by Crippen LogP contribution is -2.57. The molecule has 2 amide bonds. The Morgan fingerprint density at radius 3 is 2.00 bits per heavy atom. The van der Waals surface area contributed by atoms with Gasteiger partial charge in [0, 0.05) is 13.0 Å². The van der Waals surface area contributed by atoms with Gasteiger partial charge in [-0.3, -0.25) is 4.79 Å². The van der Waals surface area contributed by atoms with E-state index >= 15 is 0 Å². The van der Waals surface area contributed by atoms with E-state index in [0.29, 0.717) is 6.42 Å². The molecule has 34 heavy (non-hydrogen) atoms. The van der Waals surface area contributed by atoms with Crippen molar-refractivity contribution in [3.05, 3.63) is 59.7 Å². The van der Waals surface area contributed by atoms with Crippen LogP contribution in [-0.2, 0) is 19.1 Å². The van der Waals surface area contributed by atoms with E-state index in [2.05, 4.69) is 10.6 Å². The Hall–Kier alpha value is -3.39. The second-order valence-electron chi connectivity index (χ2n) is 8.60. The fraction of sp³-hybridized carbons (Fsp3) is 0.423. The van der Waals surface area contributed by atoms with Gasteiger partial charge in [0.2, 0.25) is 5.91 Å². The van der Waals surface area contributed by atoms with Crippen LogP contribution in [0.1, 0.15) is 44.2 Å². The first-order valence-corrected chi connectivity index (χ1v) is 11.5. The minimum Gasteiger partial charge on any atom is -0.480 e. The van der Waals surface area contributed by atoms with Crippen LogP contribution in [0, 0.1) is 5.92 Å². The van der Waals surface area contributed by atoms with Crippen molar-refractivity contribution >= 4 is 18.0 Å². The van der Waals surface area contributed by atoms with Crippen LogP contribution in [0.2, 0.25) is 0 Å². The number of benzene rings is 2. The molecule has 8 nitrogen and oxygen atoms in total. The molecule has 0 spiro atoms. The number of carbonyl (C=O) groups is 3. The molecule has 3 rings (SSSR count). The molecule has 0 aromatic heterocycles. The second kappa shape index (κ2) is 11.2. The molecule has 1 aliphatic carbocycles. The lowest BCUT2D eigenvalue weighted by Gasteiger charge is -2.27. The third-order valence-corrected chi connectivity index (χ3v) is 6.52. The summed E-state index contributed by atoms with van der Waals surface area (Å²) in [6.07, 6.45) is -0.908. The Morgan fingerprint density at radius 1 is 0.941 bits per heavy atom. The van der Waals surface area contributed by atoms with Crippen molar-refractivity contribution in [1.29, 1.82) is 0 Å². The highest BCUT2D eigenvalue weighted by molar-refractivity contribution is 5.90. The van der Waals surface area contributed by atoms with E-state index in [0.717, 1.165) is 22.3 Å². The first-order chi connectivity index (χ1) is 16.3. The summed E-state index contributed by atoms with van der Waals surface area (Å²) in [6.45, 7) is 5.30. The summed E-state index contributed by atoms with van der Waals surface area (Å²) < 4.78 is 10.8. The lowest BCUT2D eigenvalue weighted by atomic mass is 9.98. The van der Waals surface area contributed by atoms with E-state index in [9.17, 15) is 19.5 Å². The fourth-order valence-corrected chi connectivity index (χ4v) is 4.23. The molecule has 2 aromatic rings. The van der Waals surface area contributed by atoms with Gasteiger partial charge in [-0.25, -0.2) is 9.59 Å². The summed E-state index contributed by atoms with van der Waals surface area (Å²) in [4.78, 5) is 37.2. The highest BCUT2D eigenvalue weighted by Gasteiger charge is 2.34. The fourth-order valence-electron chi connectivity index (χ4n) is 4.23. The van der Waals surface area contributed by atoms with Crippen molar-refractivity contribution < 1.29 is 29.0 Å². The van der Waals surface area contributed by atoms with Crippen LogP contribution in [0.3, 0.4) is 0 Å². The van der Waals surface area contributed by atoms with Crippen molar-refractivity contribution in [1.82, 2.24) is 10.6 Å². The van der Waals surface area contributed by atoms with Crippen molar-refractivity contribution in [3.63, 3.8) is 0 Å². The standard InChI is InChI=1S/C26H32N2O6/c1-5-15(2)22(25(30)31)27-24(29)23(16(3)33-4)28-26(32)34-14-21-19-12-8-6-10-17(19)18-11-7-9-13-20(18)21/h6-13,15-16,21-23H,5,14H2,1-4H3,(H,27,29)(H,28,32)(H,30,31)/t15-,16+,22-,23-/m0/s1. The van der Waals surface area contributed by atoms with Crippen LogP contribution in [0.15, 0.2) is 48.5 Å². The van der Waals surface area contributed by atoms with Crippen LogP contribution in [0.25, 0.3) is 11.1 Å². The molecule has 0 radical (unpaired) electrons. The van der Waals surface area contributed by atoms with Crippen molar-refractivity contribution in [3.8, 4) is 11.1 Å². The normalized spacial score (nSPS) is 15.9. The number of carboxylic acid groups (broad SMARTS) is 1. The molecular weight excluding hydrogens is 436 g/mol. The number of alkyl carbamates (subject to hydrolysis) is 1. The molecule has 0 unspecified atom stereocenters. The number of nitrogens with one attached hydrogen (secondary N) is 2. The Labute approximate surface area is 199 Å². The maximum atomic E-state index is 12.9. The molecule has 0 heterocycles. The molecule has 0 fully saturated rings. The monoisotopic (exact) mass is 468 g/mol. The van der Waals surface area contributed by atoms with Gasteiger partial charge in [0.25, 0.3) is 0 Å². The van der Waals surface area contributed by atoms with Gasteiger partial charge >= 0.3 is 12.1 Å². The Bertz CT molecular complexity index is 994. The number of methoxy groups -OCH3 is 1. The molecule has 182 valence electrons. The van der Waals surface area contributed by atoms with Gasteiger partial charge in [0.15, 0.2) is 0 Å². The number of ether oxygens (including phenoxy) is 2. The number of hydrogen-bond acceptors (Lipinski definition) is 5. The number of fused-ring (bicyclic) bond motifs is 3. The van der Waals surface area contributed by atoms with E-state index in [4.69, 9.17) is 9.47 Å². The van der Waals surface area contributed by atoms with Crippen LogP contribution in [-0.4, -0.2) is 55.0 Å². The number of hydrogen-bond donors (Lipinski definition) is 3. The largest absolute Gasteiger partial charge is 0.480 e. The zero-order valence-corrected chi connectivity index (χ0v) is 19.9. The molecule has 1 aliphatic rings. The summed E-state index contributed by atoms with van der Waals surface area (Å²) in [6, 6.07) is 13.8. The van der Waals surface area contributed by atoms with Gasteiger partial charge in [-0.2, -0.15) is 0 Å². The average molecular weight is 469 g/mol. The van der Waals surface area contributed by atoms with E-state index in [1.165, 1.54) is 7.11 Å². The van der Waals surface area contributed by atoms with E-state index < -0.39 is 36.2 Å². The smallest absolute Gasteiger partial charge is 0.407 e. The summed E-state index contributed by atoms with van der Waals surface area (Å²) >= 11 is 0. The van der Waals surface area contributed by atoms with Crippen LogP contribution < -0.4 is 10.6 Å². The van der Waals surface area contributed by atoms with Crippen LogP contribution in [0.4, 0.5) is 4.79 Å². The molecule has 8 heteroatoms. The maximum absolute atomic E-state index is 12.9. The first-order valence-electron chi connectivity index (χ1n) is 11.5. The van der Waals surface area contributed by atoms with Gasteiger partial charge < -0.3 is 25.2 Å². The summed E-state index contributed by atoms with van der Waals surface area (Å²) in [5.74, 6) is -2.18. The second-order valence-corrected chi connectivity index (χ2v) is 8.60. The van der Waals surface area contributed by atoms with Gasteiger partial charge in [0.05, 0.1) is 6.10 Å². The molecule has 3 N–H and O–H groups in total. The van der Waals surface area contributed by atoms with Gasteiger partial charge in [-0.15, -0.1) is 0 Å². The van der Waals surface area contributed by atoms with E-state index in [1.54, 1.807) is 13.8 Å². The molecule has 0 bridgehead atoms. The number of carbonyl (C=O) groups excluding carboxylic acids is 2. The van der Waals surface area contributed by atoms with Crippen LogP contribution in [0.5, 0.6) is 0 Å². The van der Waals surface area contributed by atoms with Gasteiger partial charge in [0.1, 0.15) is 18.7 Å². The molecule has 0 saturated carbocycles. The van der Waals surface area contributed by atoms with E-state index in [1.807, 2.05) is 55.5 Å². The number of amides is 2. The SMILES string of the molecule is CC[C@H](C)[C@H](NC(=O)[C@@H](NC(=O)OCC1c2ccccc2-c2ccccc21)[C@@H](C)OC)C(=O)O. The Balaban J connectivity index is 1.69. The maximum Gasteiger partial charge on any atom is 0.407 e. The highest BCUT2D eigenvalue weighted by atomic mass is 16.5. The third-order valence-electron chi connectivity index (χ3n) is 6.52. The molecular formula is C26H32N2O6. The predicted octanol–water partition coefficient (Wildman–Crippen LogP) is 3.54. The van der Waals surface area contributed by atoms with Gasteiger partial charge in [-0.05, 0) is 35.1 Å². The summed E-state index contributed by atoms with van der Waals surface area (Å²) in [5, 5.41) is 14.6. The summed E-state index contributed by atoms with van der Waals surface area (Å²) in [5.41, 5.74) is 4.38. The van der Waals surface area contributed by atoms with Gasteiger partial charge in [-0.1, -0.05) is 68.8 Å². The van der Waals surface area contributed by atoms with Crippen molar-refractivity contribution in [2.45, 2.75) is 51.3 Å². The quantitative estimate of drug-likeness (QED) is 0.491. The lowest BCUT2D eigenvalue weighted by molar-refractivity contribution is -0.144. The highest BCUT2D eigenvalue weighted by Crippen LogP contribution is 2.44. The van der Waals surface area contributed by atoms with Crippen molar-refractivity contribution in [2.75, 3.05) is 13.7 Å². The Kier molecular flexibility index (Phi) is 8.28. The third kappa shape index (κ3) is 5.39. The minimum atomic E-state index is -1.13. The summed E-state index contributed by atoms with van der Waals surface area (Å²) in [7, 11) is 1.41. The molecule has 2 aromatic carbocycles. The average Bonchev–Trinajstić information content (AvgIpc) is 3.17. The predicted molar refractivity (Wildman–Crippen MR) is 127 cm³/mol. The molecule has 0 aliphatic heterocycles. The Morgan fingerprint density at radius 2 is 1.50 bits per heavy atom. The van der Waals surface area contributed by atoms with Crippen LogP contribution >= 0.6 is 0 Å². The zero-order valence-electron chi connectivity index (χ0n) is 19.9. The first kappa shape index (κ1) is 25.2. The number of rotatable bonds is 10.